The third-order valence-corrected chi connectivity index (χ3v) is 4.21. The SMILES string of the molecule is CC(C)CN(CC1CCCN1)C(C)CC1CC1. The zero-order valence-electron chi connectivity index (χ0n) is 11.9. The normalized spacial score (nSPS) is 27.0. The van der Waals surface area contributed by atoms with Gasteiger partial charge in [0.2, 0.25) is 0 Å². The zero-order chi connectivity index (χ0) is 12.3. The van der Waals surface area contributed by atoms with Gasteiger partial charge in [0, 0.05) is 25.2 Å². The van der Waals surface area contributed by atoms with Crippen molar-refractivity contribution in [2.75, 3.05) is 19.6 Å². The average molecular weight is 238 g/mol. The number of rotatable bonds is 7. The van der Waals surface area contributed by atoms with Gasteiger partial charge in [0.05, 0.1) is 0 Å². The molecule has 100 valence electrons. The third kappa shape index (κ3) is 4.59. The third-order valence-electron chi connectivity index (χ3n) is 4.21. The molecule has 1 heterocycles. The van der Waals surface area contributed by atoms with Crippen LogP contribution in [0.4, 0.5) is 0 Å². The van der Waals surface area contributed by atoms with Gasteiger partial charge in [-0.1, -0.05) is 26.7 Å². The zero-order valence-corrected chi connectivity index (χ0v) is 11.9. The van der Waals surface area contributed by atoms with E-state index in [0.29, 0.717) is 0 Å². The van der Waals surface area contributed by atoms with Crippen molar-refractivity contribution in [3.63, 3.8) is 0 Å². The van der Waals surface area contributed by atoms with E-state index < -0.39 is 0 Å². The Balaban J connectivity index is 1.81. The Morgan fingerprint density at radius 2 is 1.94 bits per heavy atom. The molecule has 17 heavy (non-hydrogen) atoms. The van der Waals surface area contributed by atoms with Gasteiger partial charge in [-0.15, -0.1) is 0 Å². The van der Waals surface area contributed by atoms with E-state index in [-0.39, 0.29) is 0 Å². The molecule has 0 radical (unpaired) electrons. The van der Waals surface area contributed by atoms with Crippen molar-refractivity contribution in [3.05, 3.63) is 0 Å². The minimum atomic E-state index is 0.760. The Morgan fingerprint density at radius 3 is 2.47 bits per heavy atom. The minimum Gasteiger partial charge on any atom is -0.313 e. The molecule has 1 saturated carbocycles. The van der Waals surface area contributed by atoms with Crippen molar-refractivity contribution in [2.45, 2.75) is 65.0 Å². The van der Waals surface area contributed by atoms with Gasteiger partial charge in [0.15, 0.2) is 0 Å². The monoisotopic (exact) mass is 238 g/mol. The van der Waals surface area contributed by atoms with Gasteiger partial charge in [-0.05, 0) is 44.6 Å². The summed E-state index contributed by atoms with van der Waals surface area (Å²) < 4.78 is 0. The molecule has 0 aromatic carbocycles. The molecule has 0 spiro atoms. The molecule has 1 N–H and O–H groups in total. The summed E-state index contributed by atoms with van der Waals surface area (Å²) in [5.41, 5.74) is 0. The molecular weight excluding hydrogens is 208 g/mol. The fourth-order valence-corrected chi connectivity index (χ4v) is 3.08. The number of hydrogen-bond acceptors (Lipinski definition) is 2. The van der Waals surface area contributed by atoms with Crippen molar-refractivity contribution in [1.29, 1.82) is 0 Å². The van der Waals surface area contributed by atoms with Crippen molar-refractivity contribution in [1.82, 2.24) is 10.2 Å². The fourth-order valence-electron chi connectivity index (χ4n) is 3.08. The molecule has 1 aliphatic carbocycles. The first-order valence-electron chi connectivity index (χ1n) is 7.62. The van der Waals surface area contributed by atoms with Crippen LogP contribution in [0.15, 0.2) is 0 Å². The summed E-state index contributed by atoms with van der Waals surface area (Å²) in [6, 6.07) is 1.54. The first-order chi connectivity index (χ1) is 8.15. The molecule has 0 aromatic heterocycles. The summed E-state index contributed by atoms with van der Waals surface area (Å²) in [6.07, 6.45) is 7.16. The van der Waals surface area contributed by atoms with Crippen molar-refractivity contribution in [3.8, 4) is 0 Å². The molecule has 1 aliphatic heterocycles. The highest BCUT2D eigenvalue weighted by molar-refractivity contribution is 4.84. The summed E-state index contributed by atoms with van der Waals surface area (Å²) in [5, 5.41) is 3.64. The number of hydrogen-bond donors (Lipinski definition) is 1. The Morgan fingerprint density at radius 1 is 1.18 bits per heavy atom. The van der Waals surface area contributed by atoms with Gasteiger partial charge >= 0.3 is 0 Å². The van der Waals surface area contributed by atoms with E-state index >= 15 is 0 Å². The molecule has 2 aliphatic rings. The van der Waals surface area contributed by atoms with Gasteiger partial charge in [-0.25, -0.2) is 0 Å². The molecule has 0 bridgehead atoms. The molecule has 2 unspecified atom stereocenters. The molecule has 2 atom stereocenters. The lowest BCUT2D eigenvalue weighted by atomic mass is 10.1. The van der Waals surface area contributed by atoms with E-state index in [4.69, 9.17) is 0 Å². The van der Waals surface area contributed by atoms with E-state index in [1.807, 2.05) is 0 Å². The van der Waals surface area contributed by atoms with Crippen LogP contribution in [0.3, 0.4) is 0 Å². The lowest BCUT2D eigenvalue weighted by Crippen LogP contribution is -2.44. The maximum atomic E-state index is 3.64. The van der Waals surface area contributed by atoms with Crippen LogP contribution in [-0.2, 0) is 0 Å². The van der Waals surface area contributed by atoms with E-state index in [9.17, 15) is 0 Å². The molecule has 0 aromatic rings. The quantitative estimate of drug-likeness (QED) is 0.733. The lowest BCUT2D eigenvalue weighted by Gasteiger charge is -2.33. The van der Waals surface area contributed by atoms with Gasteiger partial charge in [0.1, 0.15) is 0 Å². The summed E-state index contributed by atoms with van der Waals surface area (Å²) in [7, 11) is 0. The fraction of sp³-hybridized carbons (Fsp3) is 1.00. The maximum absolute atomic E-state index is 3.64. The minimum absolute atomic E-state index is 0.760. The maximum Gasteiger partial charge on any atom is 0.0195 e. The molecule has 2 heteroatoms. The topological polar surface area (TPSA) is 15.3 Å². The highest BCUT2D eigenvalue weighted by Gasteiger charge is 2.28. The van der Waals surface area contributed by atoms with Crippen LogP contribution in [0.1, 0.15) is 52.9 Å². The lowest BCUT2D eigenvalue weighted by molar-refractivity contribution is 0.159. The smallest absolute Gasteiger partial charge is 0.0195 e. The molecule has 2 fully saturated rings. The van der Waals surface area contributed by atoms with Gasteiger partial charge in [0.25, 0.3) is 0 Å². The van der Waals surface area contributed by atoms with Crippen molar-refractivity contribution < 1.29 is 0 Å². The summed E-state index contributed by atoms with van der Waals surface area (Å²) >= 11 is 0. The standard InChI is InChI=1S/C15H30N2/c1-12(2)10-17(11-15-5-4-8-16-15)13(3)9-14-6-7-14/h12-16H,4-11H2,1-3H3. The number of nitrogens with zero attached hydrogens (tertiary/aromatic N) is 1. The Bertz CT molecular complexity index is 217. The van der Waals surface area contributed by atoms with Crippen LogP contribution in [-0.4, -0.2) is 36.6 Å². The highest BCUT2D eigenvalue weighted by Crippen LogP contribution is 2.34. The van der Waals surface area contributed by atoms with Gasteiger partial charge in [-0.2, -0.15) is 0 Å². The van der Waals surface area contributed by atoms with Crippen LogP contribution in [0.5, 0.6) is 0 Å². The van der Waals surface area contributed by atoms with E-state index in [1.54, 1.807) is 0 Å². The predicted octanol–water partition coefficient (Wildman–Crippen LogP) is 2.89. The summed E-state index contributed by atoms with van der Waals surface area (Å²) in [6.45, 7) is 10.9. The second kappa shape index (κ2) is 6.19. The Labute approximate surface area is 107 Å². The highest BCUT2D eigenvalue weighted by atomic mass is 15.2. The predicted molar refractivity (Wildman–Crippen MR) is 74.2 cm³/mol. The van der Waals surface area contributed by atoms with Crippen molar-refractivity contribution >= 4 is 0 Å². The van der Waals surface area contributed by atoms with Crippen molar-refractivity contribution in [2.24, 2.45) is 11.8 Å². The van der Waals surface area contributed by atoms with E-state index in [1.165, 1.54) is 51.7 Å². The van der Waals surface area contributed by atoms with Gasteiger partial charge < -0.3 is 5.32 Å². The second-order valence-electron chi connectivity index (χ2n) is 6.67. The molecule has 2 rings (SSSR count). The van der Waals surface area contributed by atoms with Crippen LogP contribution in [0, 0.1) is 11.8 Å². The van der Waals surface area contributed by atoms with Crippen LogP contribution in [0.25, 0.3) is 0 Å². The van der Waals surface area contributed by atoms with Crippen LogP contribution in [0.2, 0.25) is 0 Å². The van der Waals surface area contributed by atoms with Crippen LogP contribution >= 0.6 is 0 Å². The first kappa shape index (κ1) is 13.4. The van der Waals surface area contributed by atoms with E-state index in [2.05, 4.69) is 31.0 Å². The Kier molecular flexibility index (Phi) is 4.87. The Hall–Kier alpha value is -0.0800. The van der Waals surface area contributed by atoms with E-state index in [0.717, 1.165) is 23.9 Å². The molecular formula is C15H30N2. The summed E-state index contributed by atoms with van der Waals surface area (Å²) in [5.74, 6) is 1.84. The molecule has 1 saturated heterocycles. The second-order valence-corrected chi connectivity index (χ2v) is 6.67. The average Bonchev–Trinajstić information content (AvgIpc) is 2.92. The molecule has 2 nitrogen and oxygen atoms in total. The first-order valence-corrected chi connectivity index (χ1v) is 7.62. The van der Waals surface area contributed by atoms with Gasteiger partial charge in [-0.3, -0.25) is 4.90 Å². The largest absolute Gasteiger partial charge is 0.313 e. The number of nitrogens with one attached hydrogen (secondary N) is 1. The van der Waals surface area contributed by atoms with Crippen LogP contribution < -0.4 is 5.32 Å². The molecule has 0 amide bonds. The summed E-state index contributed by atoms with van der Waals surface area (Å²) in [4.78, 5) is 2.74.